The summed E-state index contributed by atoms with van der Waals surface area (Å²) < 4.78 is 0.568. The van der Waals surface area contributed by atoms with Crippen LogP contribution in [0.25, 0.3) is 0 Å². The highest BCUT2D eigenvalue weighted by molar-refractivity contribution is 7.18. The molecule has 0 aliphatic carbocycles. The zero-order chi connectivity index (χ0) is 11.5. The Morgan fingerprint density at radius 2 is 2.38 bits per heavy atom. The van der Waals surface area contributed by atoms with Crippen molar-refractivity contribution in [3.63, 3.8) is 0 Å². The van der Waals surface area contributed by atoms with E-state index in [1.165, 1.54) is 11.3 Å². The summed E-state index contributed by atoms with van der Waals surface area (Å²) in [5, 5.41) is 5.42. The first kappa shape index (κ1) is 11.4. The molecule has 1 fully saturated rings. The molecule has 1 aromatic rings. The van der Waals surface area contributed by atoms with Gasteiger partial charge in [-0.15, -0.1) is 11.3 Å². The lowest BCUT2D eigenvalue weighted by atomic mass is 10.1. The highest BCUT2D eigenvalue weighted by Gasteiger charge is 2.24. The second-order valence-electron chi connectivity index (χ2n) is 3.56. The standard InChI is InChI=1S/C10H11ClN2O2S/c11-8-4-3-7(16-8)10(15)13-6-2-1-5-12-9(6)14/h3-4,6H,1-2,5H2,(H,12,14)(H,13,15)/t6-/m0/s1. The van der Waals surface area contributed by atoms with E-state index in [0.29, 0.717) is 22.2 Å². The molecule has 2 N–H and O–H groups in total. The number of thiophene rings is 1. The summed E-state index contributed by atoms with van der Waals surface area (Å²) in [6.07, 6.45) is 1.58. The van der Waals surface area contributed by atoms with Crippen LogP contribution < -0.4 is 10.6 Å². The molecule has 0 aromatic carbocycles. The van der Waals surface area contributed by atoms with Gasteiger partial charge < -0.3 is 10.6 Å². The van der Waals surface area contributed by atoms with Gasteiger partial charge in [0.1, 0.15) is 6.04 Å². The molecule has 0 bridgehead atoms. The minimum atomic E-state index is -0.415. The van der Waals surface area contributed by atoms with Gasteiger partial charge >= 0.3 is 0 Å². The van der Waals surface area contributed by atoms with E-state index in [9.17, 15) is 9.59 Å². The maximum Gasteiger partial charge on any atom is 0.262 e. The number of halogens is 1. The van der Waals surface area contributed by atoms with E-state index in [0.717, 1.165) is 6.42 Å². The lowest BCUT2D eigenvalue weighted by Crippen LogP contribution is -2.50. The van der Waals surface area contributed by atoms with Gasteiger partial charge in [-0.3, -0.25) is 9.59 Å². The Morgan fingerprint density at radius 1 is 1.56 bits per heavy atom. The van der Waals surface area contributed by atoms with Crippen LogP contribution in [0.5, 0.6) is 0 Å². The van der Waals surface area contributed by atoms with E-state index < -0.39 is 6.04 Å². The third kappa shape index (κ3) is 2.54. The van der Waals surface area contributed by atoms with Gasteiger partial charge in [0.25, 0.3) is 5.91 Å². The van der Waals surface area contributed by atoms with Crippen LogP contribution in [0.15, 0.2) is 12.1 Å². The summed E-state index contributed by atoms with van der Waals surface area (Å²) >= 11 is 6.94. The number of hydrogen-bond acceptors (Lipinski definition) is 3. The molecule has 2 rings (SSSR count). The van der Waals surface area contributed by atoms with Crippen LogP contribution in [0.3, 0.4) is 0 Å². The van der Waals surface area contributed by atoms with Crippen molar-refractivity contribution in [2.45, 2.75) is 18.9 Å². The number of carbonyl (C=O) groups excluding carboxylic acids is 2. The highest BCUT2D eigenvalue weighted by Crippen LogP contribution is 2.21. The predicted molar refractivity (Wildman–Crippen MR) is 62.8 cm³/mol. The van der Waals surface area contributed by atoms with Crippen molar-refractivity contribution in [2.24, 2.45) is 0 Å². The Kier molecular flexibility index (Phi) is 3.46. The van der Waals surface area contributed by atoms with Gasteiger partial charge in [-0.05, 0) is 25.0 Å². The van der Waals surface area contributed by atoms with E-state index in [4.69, 9.17) is 11.6 Å². The SMILES string of the molecule is O=C(N[C@H]1CCCNC1=O)c1ccc(Cl)s1. The normalized spacial score (nSPS) is 20.3. The molecule has 6 heteroatoms. The molecule has 1 aliphatic rings. The van der Waals surface area contributed by atoms with E-state index in [2.05, 4.69) is 10.6 Å². The van der Waals surface area contributed by atoms with Crippen LogP contribution in [0.2, 0.25) is 4.34 Å². The number of amides is 2. The lowest BCUT2D eigenvalue weighted by Gasteiger charge is -2.22. The first-order valence-corrected chi connectivity index (χ1v) is 6.20. The molecule has 4 nitrogen and oxygen atoms in total. The Morgan fingerprint density at radius 3 is 3.00 bits per heavy atom. The highest BCUT2D eigenvalue weighted by atomic mass is 35.5. The largest absolute Gasteiger partial charge is 0.354 e. The molecular formula is C10H11ClN2O2S. The summed E-state index contributed by atoms with van der Waals surface area (Å²) in [6.45, 7) is 0.691. The molecule has 1 aliphatic heterocycles. The molecule has 1 saturated heterocycles. The number of carbonyl (C=O) groups is 2. The number of nitrogens with one attached hydrogen (secondary N) is 2. The van der Waals surface area contributed by atoms with Crippen LogP contribution in [-0.2, 0) is 4.79 Å². The number of piperidine rings is 1. The maximum absolute atomic E-state index is 11.7. The Bertz CT molecular complexity index is 419. The molecule has 0 saturated carbocycles. The quantitative estimate of drug-likeness (QED) is 0.843. The summed E-state index contributed by atoms with van der Waals surface area (Å²) in [7, 11) is 0. The third-order valence-corrected chi connectivity index (χ3v) is 3.62. The summed E-state index contributed by atoms with van der Waals surface area (Å²) in [5.74, 6) is -0.346. The first-order chi connectivity index (χ1) is 7.66. The van der Waals surface area contributed by atoms with E-state index in [1.54, 1.807) is 12.1 Å². The molecule has 2 heterocycles. The molecular weight excluding hydrogens is 248 g/mol. The maximum atomic E-state index is 11.7. The van der Waals surface area contributed by atoms with E-state index in [-0.39, 0.29) is 11.8 Å². The molecule has 1 atom stereocenters. The van der Waals surface area contributed by atoms with Crippen LogP contribution in [0, 0.1) is 0 Å². The third-order valence-electron chi connectivity index (χ3n) is 2.39. The monoisotopic (exact) mass is 258 g/mol. The van der Waals surface area contributed by atoms with Gasteiger partial charge in [0.15, 0.2) is 0 Å². The topological polar surface area (TPSA) is 58.2 Å². The van der Waals surface area contributed by atoms with Crippen molar-refractivity contribution in [1.82, 2.24) is 10.6 Å². The van der Waals surface area contributed by atoms with Gasteiger partial charge in [0.05, 0.1) is 9.21 Å². The Hall–Kier alpha value is -1.07. The van der Waals surface area contributed by atoms with Gasteiger partial charge in [0.2, 0.25) is 5.91 Å². The fraction of sp³-hybridized carbons (Fsp3) is 0.400. The van der Waals surface area contributed by atoms with Crippen LogP contribution in [-0.4, -0.2) is 24.4 Å². The van der Waals surface area contributed by atoms with Crippen LogP contribution in [0.4, 0.5) is 0 Å². The van der Waals surface area contributed by atoms with Gasteiger partial charge in [-0.25, -0.2) is 0 Å². The zero-order valence-electron chi connectivity index (χ0n) is 8.46. The minimum Gasteiger partial charge on any atom is -0.354 e. The average molecular weight is 259 g/mol. The lowest BCUT2D eigenvalue weighted by molar-refractivity contribution is -0.124. The van der Waals surface area contributed by atoms with Crippen molar-refractivity contribution in [1.29, 1.82) is 0 Å². The van der Waals surface area contributed by atoms with Crippen molar-refractivity contribution in [3.8, 4) is 0 Å². The molecule has 16 heavy (non-hydrogen) atoms. The predicted octanol–water partition coefficient (Wildman–Crippen LogP) is 1.41. The Labute approximate surface area is 102 Å². The van der Waals surface area contributed by atoms with Crippen LogP contribution in [0.1, 0.15) is 22.5 Å². The van der Waals surface area contributed by atoms with E-state index >= 15 is 0 Å². The van der Waals surface area contributed by atoms with Crippen molar-refractivity contribution >= 4 is 34.8 Å². The molecule has 0 unspecified atom stereocenters. The number of hydrogen-bond donors (Lipinski definition) is 2. The summed E-state index contributed by atoms with van der Waals surface area (Å²) in [6, 6.07) is 2.91. The van der Waals surface area contributed by atoms with E-state index in [1.807, 2.05) is 0 Å². The zero-order valence-corrected chi connectivity index (χ0v) is 10.0. The fourth-order valence-electron chi connectivity index (χ4n) is 1.58. The summed E-state index contributed by atoms with van der Waals surface area (Å²) in [5.41, 5.74) is 0. The molecule has 2 amide bonds. The van der Waals surface area contributed by atoms with Gasteiger partial charge in [0, 0.05) is 6.54 Å². The van der Waals surface area contributed by atoms with Crippen molar-refractivity contribution < 1.29 is 9.59 Å². The fourth-order valence-corrected chi connectivity index (χ4v) is 2.52. The number of rotatable bonds is 2. The van der Waals surface area contributed by atoms with Gasteiger partial charge in [-0.1, -0.05) is 11.6 Å². The molecule has 0 radical (unpaired) electrons. The first-order valence-electron chi connectivity index (χ1n) is 5.01. The molecule has 86 valence electrons. The Balaban J connectivity index is 1.99. The van der Waals surface area contributed by atoms with Crippen molar-refractivity contribution in [3.05, 3.63) is 21.3 Å². The van der Waals surface area contributed by atoms with Crippen molar-refractivity contribution in [2.75, 3.05) is 6.54 Å². The van der Waals surface area contributed by atoms with Gasteiger partial charge in [-0.2, -0.15) is 0 Å². The second-order valence-corrected chi connectivity index (χ2v) is 5.28. The minimum absolute atomic E-state index is 0.109. The molecule has 0 spiro atoms. The summed E-state index contributed by atoms with van der Waals surface area (Å²) in [4.78, 5) is 23.7. The smallest absolute Gasteiger partial charge is 0.262 e. The molecule has 1 aromatic heterocycles. The van der Waals surface area contributed by atoms with Crippen LogP contribution >= 0.6 is 22.9 Å². The second kappa shape index (κ2) is 4.84. The average Bonchev–Trinajstić information content (AvgIpc) is 2.68.